The number of unbranched alkanes of at least 4 members (excludes halogenated alkanes) is 1. The maximum atomic E-state index is 15.0. The lowest BCUT2D eigenvalue weighted by molar-refractivity contribution is -0.224. The van der Waals surface area contributed by atoms with Crippen molar-refractivity contribution < 1.29 is 35.8 Å². The van der Waals surface area contributed by atoms with Crippen LogP contribution in [0.15, 0.2) is 24.3 Å². The second-order valence-corrected chi connectivity index (χ2v) is 13.7. The molecule has 3 aliphatic rings. The minimum absolute atomic E-state index is 0.0480. The average molecular weight is 641 g/mol. The van der Waals surface area contributed by atoms with E-state index in [0.29, 0.717) is 37.5 Å². The van der Waals surface area contributed by atoms with Gasteiger partial charge in [0.1, 0.15) is 0 Å². The number of allylic oxidation sites excluding steroid dienone is 2. The first-order valence-electron chi connectivity index (χ1n) is 17.2. The van der Waals surface area contributed by atoms with Crippen LogP contribution in [0.3, 0.4) is 0 Å². The van der Waals surface area contributed by atoms with Crippen LogP contribution in [0.2, 0.25) is 0 Å². The van der Waals surface area contributed by atoms with E-state index in [-0.39, 0.29) is 24.7 Å². The molecule has 0 radical (unpaired) electrons. The summed E-state index contributed by atoms with van der Waals surface area (Å²) < 4.78 is 98.4. The van der Waals surface area contributed by atoms with E-state index in [4.69, 9.17) is 9.47 Å². The minimum atomic E-state index is -3.72. The lowest BCUT2D eigenvalue weighted by Gasteiger charge is -2.32. The molecule has 3 aliphatic carbocycles. The number of hydrogen-bond donors (Lipinski definition) is 0. The highest BCUT2D eigenvalue weighted by atomic mass is 19.3. The van der Waals surface area contributed by atoms with E-state index in [1.165, 1.54) is 32.1 Å². The van der Waals surface area contributed by atoms with Crippen molar-refractivity contribution in [2.75, 3.05) is 6.61 Å². The Morgan fingerprint density at radius 3 is 1.93 bits per heavy atom. The average Bonchev–Trinajstić information content (AvgIpc) is 3.02. The van der Waals surface area contributed by atoms with Gasteiger partial charge in [0.25, 0.3) is 5.92 Å². The highest BCUT2D eigenvalue weighted by molar-refractivity contribution is 5.35. The number of ether oxygens (including phenoxy) is 2. The summed E-state index contributed by atoms with van der Waals surface area (Å²) >= 11 is 0. The number of benzene rings is 1. The molecular weight excluding hydrogens is 590 g/mol. The molecule has 0 N–H and O–H groups in total. The Labute approximate surface area is 265 Å². The summed E-state index contributed by atoms with van der Waals surface area (Å²) in [4.78, 5) is 0. The molecule has 0 atom stereocenters. The molecule has 8 heteroatoms. The third-order valence-corrected chi connectivity index (χ3v) is 10.1. The van der Waals surface area contributed by atoms with E-state index in [2.05, 4.69) is 24.8 Å². The van der Waals surface area contributed by atoms with Gasteiger partial charge in [-0.15, -0.1) is 0 Å². The topological polar surface area (TPSA) is 18.5 Å². The van der Waals surface area contributed by atoms with Gasteiger partial charge in [-0.2, -0.15) is 17.6 Å². The van der Waals surface area contributed by atoms with E-state index in [0.717, 1.165) is 43.7 Å². The van der Waals surface area contributed by atoms with Gasteiger partial charge in [0, 0.05) is 18.3 Å². The van der Waals surface area contributed by atoms with Gasteiger partial charge in [-0.05, 0) is 114 Å². The van der Waals surface area contributed by atoms with Crippen LogP contribution < -0.4 is 9.47 Å². The lowest BCUT2D eigenvalue weighted by atomic mass is 9.79. The quantitative estimate of drug-likeness (QED) is 0.129. The number of hydrogen-bond acceptors (Lipinski definition) is 2. The number of alkyl halides is 4. The largest absolute Gasteiger partial charge is 0.484 e. The van der Waals surface area contributed by atoms with Crippen LogP contribution in [0.5, 0.6) is 11.5 Å². The van der Waals surface area contributed by atoms with Gasteiger partial charge in [-0.25, -0.2) is 8.78 Å². The summed E-state index contributed by atoms with van der Waals surface area (Å²) in [5.41, 5.74) is 0. The van der Waals surface area contributed by atoms with Crippen molar-refractivity contribution in [1.82, 2.24) is 0 Å². The Morgan fingerprint density at radius 1 is 0.778 bits per heavy atom. The first kappa shape index (κ1) is 35.6. The first-order chi connectivity index (χ1) is 21.5. The molecule has 0 bridgehead atoms. The molecule has 0 aliphatic heterocycles. The summed E-state index contributed by atoms with van der Waals surface area (Å²) in [6, 6.07) is 1.68. The van der Waals surface area contributed by atoms with Gasteiger partial charge >= 0.3 is 6.11 Å². The van der Waals surface area contributed by atoms with Crippen LogP contribution in [0.1, 0.15) is 117 Å². The molecule has 0 heterocycles. The van der Waals surface area contributed by atoms with Gasteiger partial charge in [0.15, 0.2) is 18.1 Å². The van der Waals surface area contributed by atoms with Gasteiger partial charge in [-0.3, -0.25) is 0 Å². The SMILES string of the molecule is CC=CC1CCC(CC(F)(F)COc2ccc(OC(F)(F)C3CCC(C#CC4CCC(CCCC)CC4)CC3)c(F)c2F)CC1. The molecule has 0 saturated heterocycles. The Morgan fingerprint density at radius 2 is 1.33 bits per heavy atom. The fourth-order valence-electron chi connectivity index (χ4n) is 7.35. The molecule has 3 fully saturated rings. The van der Waals surface area contributed by atoms with Gasteiger partial charge in [-0.1, -0.05) is 50.2 Å². The van der Waals surface area contributed by atoms with Crippen LogP contribution in [0.4, 0.5) is 26.3 Å². The zero-order valence-corrected chi connectivity index (χ0v) is 26.9. The van der Waals surface area contributed by atoms with Crippen molar-refractivity contribution in [1.29, 1.82) is 0 Å². The lowest BCUT2D eigenvalue weighted by Crippen LogP contribution is -2.37. The third kappa shape index (κ3) is 10.6. The van der Waals surface area contributed by atoms with Crippen molar-refractivity contribution in [3.63, 3.8) is 0 Å². The molecule has 252 valence electrons. The monoisotopic (exact) mass is 640 g/mol. The molecular formula is C37H50F6O2. The first-order valence-corrected chi connectivity index (χ1v) is 17.2. The molecule has 0 amide bonds. The van der Waals surface area contributed by atoms with Crippen LogP contribution in [-0.2, 0) is 0 Å². The van der Waals surface area contributed by atoms with E-state index >= 15 is 8.78 Å². The normalized spacial score (nSPS) is 28.0. The van der Waals surface area contributed by atoms with E-state index in [9.17, 15) is 17.6 Å². The van der Waals surface area contributed by atoms with E-state index < -0.39 is 54.1 Å². The molecule has 2 nitrogen and oxygen atoms in total. The number of rotatable bonds is 12. The third-order valence-electron chi connectivity index (χ3n) is 10.1. The van der Waals surface area contributed by atoms with E-state index in [1.807, 2.05) is 13.0 Å². The molecule has 1 aromatic carbocycles. The molecule has 1 aromatic rings. The standard InChI is InChI=1S/C37H50F6O2/c1-3-5-7-27-8-10-28(11-9-27)12-13-29-18-20-31(21-19-29)37(42,43)45-33-23-22-32(34(38)35(33)39)44-25-36(40,41)24-30-16-14-26(6-4-2)15-17-30/h4,6,22-23,26-31H,3,5,7-11,14-21,24-25H2,1-2H3. The molecule has 0 unspecified atom stereocenters. The van der Waals surface area contributed by atoms with Crippen LogP contribution in [-0.4, -0.2) is 18.6 Å². The Bertz CT molecular complexity index is 1150. The Hall–Kier alpha value is -2.30. The van der Waals surface area contributed by atoms with Crippen LogP contribution in [0.25, 0.3) is 0 Å². The smallest absolute Gasteiger partial charge is 0.400 e. The molecule has 3 saturated carbocycles. The Balaban J connectivity index is 1.23. The van der Waals surface area contributed by atoms with Crippen molar-refractivity contribution in [3.05, 3.63) is 35.9 Å². The predicted octanol–water partition coefficient (Wildman–Crippen LogP) is 11.5. The van der Waals surface area contributed by atoms with Gasteiger partial charge in [0.2, 0.25) is 11.6 Å². The maximum absolute atomic E-state index is 15.0. The zero-order valence-electron chi connectivity index (χ0n) is 26.9. The van der Waals surface area contributed by atoms with Crippen LogP contribution in [0, 0.1) is 59.0 Å². The predicted molar refractivity (Wildman–Crippen MR) is 165 cm³/mol. The Kier molecular flexibility index (Phi) is 13.0. The molecule has 0 aromatic heterocycles. The summed E-state index contributed by atoms with van der Waals surface area (Å²) in [5.74, 6) is -1.21. The fraction of sp³-hybridized carbons (Fsp3) is 0.730. The maximum Gasteiger partial charge on any atom is 0.400 e. The summed E-state index contributed by atoms with van der Waals surface area (Å²) in [5, 5.41) is 0. The summed E-state index contributed by atoms with van der Waals surface area (Å²) in [7, 11) is 0. The summed E-state index contributed by atoms with van der Waals surface area (Å²) in [6.07, 6.45) is 12.7. The second-order valence-electron chi connectivity index (χ2n) is 13.7. The van der Waals surface area contributed by atoms with Crippen molar-refractivity contribution in [2.24, 2.45) is 35.5 Å². The molecule has 0 spiro atoms. The summed E-state index contributed by atoms with van der Waals surface area (Å²) in [6.45, 7) is 3.03. The fourth-order valence-corrected chi connectivity index (χ4v) is 7.35. The minimum Gasteiger partial charge on any atom is -0.484 e. The van der Waals surface area contributed by atoms with E-state index in [1.54, 1.807) is 0 Å². The van der Waals surface area contributed by atoms with Crippen LogP contribution >= 0.6 is 0 Å². The van der Waals surface area contributed by atoms with Crippen molar-refractivity contribution in [3.8, 4) is 23.3 Å². The second kappa shape index (κ2) is 16.5. The highest BCUT2D eigenvalue weighted by Crippen LogP contribution is 2.42. The van der Waals surface area contributed by atoms with Crippen molar-refractivity contribution >= 4 is 0 Å². The van der Waals surface area contributed by atoms with Gasteiger partial charge in [0.05, 0.1) is 5.92 Å². The van der Waals surface area contributed by atoms with Gasteiger partial charge < -0.3 is 9.47 Å². The highest BCUT2D eigenvalue weighted by Gasteiger charge is 2.45. The van der Waals surface area contributed by atoms with Crippen molar-refractivity contribution in [2.45, 2.75) is 129 Å². The zero-order chi connectivity index (χ0) is 32.5. The molecule has 4 rings (SSSR count). The number of halogens is 6. The molecule has 45 heavy (non-hydrogen) atoms.